The van der Waals surface area contributed by atoms with Crippen LogP contribution in [0.3, 0.4) is 0 Å². The second kappa shape index (κ2) is 6.66. The minimum atomic E-state index is -0.315. The lowest BCUT2D eigenvalue weighted by molar-refractivity contribution is -0.137. The van der Waals surface area contributed by atoms with Crippen LogP contribution in [-0.4, -0.2) is 63.7 Å². The minimum Gasteiger partial charge on any atom is -0.357 e. The molecule has 2 atom stereocenters. The Morgan fingerprint density at radius 1 is 1.35 bits per heavy atom. The van der Waals surface area contributed by atoms with Gasteiger partial charge in [-0.25, -0.2) is 9.67 Å². The number of likely N-dealkylation sites (tertiary alicyclic amines) is 1. The Kier molecular flexibility index (Phi) is 4.61. The summed E-state index contributed by atoms with van der Waals surface area (Å²) in [5.41, 5.74) is 0. The van der Waals surface area contributed by atoms with E-state index in [4.69, 9.17) is 0 Å². The van der Waals surface area contributed by atoms with Gasteiger partial charge in [-0.1, -0.05) is 0 Å². The first-order valence-electron chi connectivity index (χ1n) is 8.23. The van der Waals surface area contributed by atoms with Crippen LogP contribution in [-0.2, 0) is 22.6 Å². The first kappa shape index (κ1) is 15.9. The normalized spacial score (nSPS) is 23.7. The number of nitrogens with zero attached hydrogens (tertiary/aromatic N) is 4. The zero-order valence-corrected chi connectivity index (χ0v) is 13.7. The first-order chi connectivity index (χ1) is 11.1. The monoisotopic (exact) mass is 320 g/mol. The molecule has 3 heterocycles. The number of rotatable bonds is 4. The second-order valence-electron chi connectivity index (χ2n) is 6.23. The molecule has 1 aromatic heterocycles. The summed E-state index contributed by atoms with van der Waals surface area (Å²) in [6.07, 6.45) is 3.45. The van der Waals surface area contributed by atoms with Crippen LogP contribution in [0.4, 0.5) is 0 Å². The van der Waals surface area contributed by atoms with Crippen LogP contribution in [0.5, 0.6) is 0 Å². The molecule has 0 bridgehead atoms. The molecular formula is C15H24N6O2. The average molecular weight is 320 g/mol. The third-order valence-corrected chi connectivity index (χ3v) is 4.63. The molecule has 8 nitrogen and oxygen atoms in total. The van der Waals surface area contributed by atoms with Gasteiger partial charge in [0, 0.05) is 26.1 Å². The molecule has 8 heteroatoms. The number of amides is 2. The quantitative estimate of drug-likeness (QED) is 0.760. The Hall–Kier alpha value is -1.96. The fourth-order valence-corrected chi connectivity index (χ4v) is 3.44. The lowest BCUT2D eigenvalue weighted by atomic mass is 10.1. The van der Waals surface area contributed by atoms with E-state index in [0.717, 1.165) is 43.9 Å². The van der Waals surface area contributed by atoms with Crippen molar-refractivity contribution in [3.05, 3.63) is 11.6 Å². The maximum Gasteiger partial charge on any atom is 0.242 e. The number of hydrogen-bond donors (Lipinski definition) is 2. The molecule has 2 N–H and O–H groups in total. The smallest absolute Gasteiger partial charge is 0.242 e. The van der Waals surface area contributed by atoms with Crippen molar-refractivity contribution in [2.75, 3.05) is 20.1 Å². The van der Waals surface area contributed by atoms with Crippen molar-refractivity contribution in [2.24, 2.45) is 0 Å². The number of likely N-dealkylation sites (N-methyl/N-ethyl adjacent to an activating group) is 1. The van der Waals surface area contributed by atoms with E-state index in [0.29, 0.717) is 6.54 Å². The van der Waals surface area contributed by atoms with Crippen LogP contribution in [0.1, 0.15) is 30.9 Å². The number of aromatic nitrogens is 3. The van der Waals surface area contributed by atoms with Gasteiger partial charge in [-0.15, -0.1) is 0 Å². The number of fused-ring (bicyclic) bond motifs is 1. The Bertz CT molecular complexity index is 599. The van der Waals surface area contributed by atoms with Crippen molar-refractivity contribution in [3.8, 4) is 0 Å². The zero-order chi connectivity index (χ0) is 16.4. The van der Waals surface area contributed by atoms with Gasteiger partial charge >= 0.3 is 0 Å². The van der Waals surface area contributed by atoms with E-state index in [1.54, 1.807) is 11.9 Å². The summed E-state index contributed by atoms with van der Waals surface area (Å²) in [5.74, 6) is 1.74. The average Bonchev–Trinajstić information content (AvgIpc) is 3.16. The van der Waals surface area contributed by atoms with Crippen LogP contribution in [0, 0.1) is 6.92 Å². The Balaban J connectivity index is 1.52. The number of nitrogens with one attached hydrogen (secondary N) is 2. The lowest BCUT2D eigenvalue weighted by Gasteiger charge is -2.27. The highest BCUT2D eigenvalue weighted by Crippen LogP contribution is 2.18. The molecule has 0 radical (unpaired) electrons. The summed E-state index contributed by atoms with van der Waals surface area (Å²) in [7, 11) is 1.61. The summed E-state index contributed by atoms with van der Waals surface area (Å²) in [5, 5.41) is 10.3. The second-order valence-corrected chi connectivity index (χ2v) is 6.23. The van der Waals surface area contributed by atoms with Crippen molar-refractivity contribution in [1.82, 2.24) is 30.3 Å². The molecule has 1 fully saturated rings. The lowest BCUT2D eigenvalue weighted by Crippen LogP contribution is -2.49. The molecular weight excluding hydrogens is 296 g/mol. The van der Waals surface area contributed by atoms with Crippen LogP contribution in [0.25, 0.3) is 0 Å². The Morgan fingerprint density at radius 2 is 2.17 bits per heavy atom. The van der Waals surface area contributed by atoms with Crippen LogP contribution >= 0.6 is 0 Å². The van der Waals surface area contributed by atoms with Gasteiger partial charge in [0.1, 0.15) is 17.7 Å². The molecule has 0 unspecified atom stereocenters. The summed E-state index contributed by atoms with van der Waals surface area (Å²) in [6.45, 7) is 3.56. The first-order valence-corrected chi connectivity index (χ1v) is 8.23. The molecule has 0 spiro atoms. The van der Waals surface area contributed by atoms with E-state index in [2.05, 4.69) is 20.7 Å². The molecule has 2 aliphatic heterocycles. The third kappa shape index (κ3) is 3.36. The summed E-state index contributed by atoms with van der Waals surface area (Å²) in [4.78, 5) is 30.3. The molecule has 0 aromatic carbocycles. The van der Waals surface area contributed by atoms with Crippen molar-refractivity contribution >= 4 is 11.8 Å². The standard InChI is InChI=1S/C15H24N6O2/c1-10-18-13-6-5-11(9-21(13)19-10)17-8-14(22)20-7-3-4-12(20)15(23)16-2/h11-12,17H,3-9H2,1-2H3,(H,16,23)/t11-,12-/m1/s1. The highest BCUT2D eigenvalue weighted by atomic mass is 16.2. The van der Waals surface area contributed by atoms with Gasteiger partial charge in [0.15, 0.2) is 0 Å². The van der Waals surface area contributed by atoms with Gasteiger partial charge in [-0.3, -0.25) is 9.59 Å². The third-order valence-electron chi connectivity index (χ3n) is 4.63. The van der Waals surface area contributed by atoms with E-state index in [-0.39, 0.29) is 30.4 Å². The molecule has 1 aromatic rings. The molecule has 0 saturated carbocycles. The van der Waals surface area contributed by atoms with Gasteiger partial charge in [-0.2, -0.15) is 5.10 Å². The summed E-state index contributed by atoms with van der Waals surface area (Å²) in [6, 6.07) is -0.0983. The molecule has 1 saturated heterocycles. The van der Waals surface area contributed by atoms with Gasteiger partial charge < -0.3 is 15.5 Å². The van der Waals surface area contributed by atoms with E-state index in [1.807, 2.05) is 11.6 Å². The van der Waals surface area contributed by atoms with Gasteiger partial charge in [0.25, 0.3) is 0 Å². The molecule has 3 rings (SSSR count). The van der Waals surface area contributed by atoms with Crippen molar-refractivity contribution < 1.29 is 9.59 Å². The highest BCUT2D eigenvalue weighted by molar-refractivity contribution is 5.88. The van der Waals surface area contributed by atoms with Crippen molar-refractivity contribution in [3.63, 3.8) is 0 Å². The van der Waals surface area contributed by atoms with Crippen LogP contribution in [0.15, 0.2) is 0 Å². The van der Waals surface area contributed by atoms with E-state index < -0.39 is 0 Å². The molecule has 0 aliphatic carbocycles. The number of aryl methyl sites for hydroxylation is 2. The maximum absolute atomic E-state index is 12.4. The van der Waals surface area contributed by atoms with Gasteiger partial charge in [0.2, 0.25) is 11.8 Å². The van der Waals surface area contributed by atoms with E-state index in [1.165, 1.54) is 0 Å². The Labute approximate surface area is 135 Å². The van der Waals surface area contributed by atoms with Crippen LogP contribution < -0.4 is 10.6 Å². The molecule has 126 valence electrons. The predicted octanol–water partition coefficient (Wildman–Crippen LogP) is -0.772. The number of carbonyl (C=O) groups excluding carboxylic acids is 2. The summed E-state index contributed by atoms with van der Waals surface area (Å²) >= 11 is 0. The minimum absolute atomic E-state index is 0.00309. The van der Waals surface area contributed by atoms with E-state index >= 15 is 0 Å². The highest BCUT2D eigenvalue weighted by Gasteiger charge is 2.33. The molecule has 2 aliphatic rings. The van der Waals surface area contributed by atoms with Crippen LogP contribution in [0.2, 0.25) is 0 Å². The number of hydrogen-bond acceptors (Lipinski definition) is 5. The maximum atomic E-state index is 12.4. The summed E-state index contributed by atoms with van der Waals surface area (Å²) < 4.78 is 1.92. The zero-order valence-electron chi connectivity index (χ0n) is 13.7. The van der Waals surface area contributed by atoms with Crippen molar-refractivity contribution in [2.45, 2.75) is 51.2 Å². The van der Waals surface area contributed by atoms with Gasteiger partial charge in [-0.05, 0) is 26.2 Å². The fraction of sp³-hybridized carbons (Fsp3) is 0.733. The van der Waals surface area contributed by atoms with E-state index in [9.17, 15) is 9.59 Å². The largest absolute Gasteiger partial charge is 0.357 e. The Morgan fingerprint density at radius 3 is 2.96 bits per heavy atom. The number of carbonyl (C=O) groups is 2. The van der Waals surface area contributed by atoms with Gasteiger partial charge in [0.05, 0.1) is 13.1 Å². The molecule has 23 heavy (non-hydrogen) atoms. The SMILES string of the molecule is CNC(=O)[C@H]1CCCN1C(=O)CN[C@@H]1CCc2nc(C)nn2C1. The van der Waals surface area contributed by atoms with Crippen molar-refractivity contribution in [1.29, 1.82) is 0 Å². The fourth-order valence-electron chi connectivity index (χ4n) is 3.44. The molecule has 2 amide bonds. The predicted molar refractivity (Wildman–Crippen MR) is 83.7 cm³/mol. The topological polar surface area (TPSA) is 92.2 Å².